The molecule has 8 nitrogen and oxygen atoms in total. The van der Waals surface area contributed by atoms with Crippen LogP contribution in [0.4, 0.5) is 5.69 Å². The van der Waals surface area contributed by atoms with E-state index in [-0.39, 0.29) is 41.0 Å². The van der Waals surface area contributed by atoms with Crippen molar-refractivity contribution in [2.45, 2.75) is 46.7 Å². The van der Waals surface area contributed by atoms with E-state index in [1.807, 2.05) is 19.1 Å². The van der Waals surface area contributed by atoms with Crippen molar-refractivity contribution in [3.8, 4) is 5.75 Å². The average molecular weight is 607 g/mol. The van der Waals surface area contributed by atoms with Crippen LogP contribution < -0.4 is 9.64 Å². The fourth-order valence-corrected chi connectivity index (χ4v) is 9.92. The number of methoxy groups -OCH3 is 1. The van der Waals surface area contributed by atoms with Crippen LogP contribution in [0, 0.1) is 11.8 Å². The van der Waals surface area contributed by atoms with Gasteiger partial charge in [-0.3, -0.25) is 14.4 Å². The Balaban J connectivity index is 1.82. The summed E-state index contributed by atoms with van der Waals surface area (Å²) < 4.78 is 4.49. The van der Waals surface area contributed by atoms with Crippen molar-refractivity contribution in [1.82, 2.24) is 9.80 Å². The van der Waals surface area contributed by atoms with E-state index in [9.17, 15) is 19.5 Å². The van der Waals surface area contributed by atoms with E-state index in [2.05, 4.69) is 29.1 Å². The molecule has 3 unspecified atom stereocenters. The highest BCUT2D eigenvalue weighted by Gasteiger charge is 2.76. The Morgan fingerprint density at radius 1 is 1.26 bits per heavy atom. The van der Waals surface area contributed by atoms with E-state index in [0.717, 1.165) is 0 Å². The molecule has 3 aliphatic rings. The van der Waals surface area contributed by atoms with Gasteiger partial charge in [0.05, 0.1) is 36.3 Å². The van der Waals surface area contributed by atoms with Crippen molar-refractivity contribution in [3.63, 3.8) is 0 Å². The van der Waals surface area contributed by atoms with Gasteiger partial charge in [-0.05, 0) is 37.1 Å². The Morgan fingerprint density at radius 3 is 2.47 bits per heavy atom. The van der Waals surface area contributed by atoms with Gasteiger partial charge in [0, 0.05) is 35.9 Å². The van der Waals surface area contributed by atoms with Crippen LogP contribution in [0.2, 0.25) is 0 Å². The second kappa shape index (κ2) is 11.4. The highest BCUT2D eigenvalue weighted by Crippen LogP contribution is 2.68. The molecule has 1 spiro atoms. The van der Waals surface area contributed by atoms with E-state index in [1.54, 1.807) is 64.9 Å². The predicted octanol–water partition coefficient (Wildman–Crippen LogP) is 3.09. The third-order valence-corrected chi connectivity index (χ3v) is 11.3. The molecule has 1 N–H and O–H groups in total. The van der Waals surface area contributed by atoms with E-state index in [0.29, 0.717) is 30.8 Å². The van der Waals surface area contributed by atoms with Gasteiger partial charge in [-0.2, -0.15) is 0 Å². The van der Waals surface area contributed by atoms with Crippen molar-refractivity contribution in [2.24, 2.45) is 11.8 Å². The number of ether oxygens (including phenoxy) is 1. The van der Waals surface area contributed by atoms with Gasteiger partial charge in [-0.1, -0.05) is 35.0 Å². The molecule has 3 saturated heterocycles. The van der Waals surface area contributed by atoms with Crippen molar-refractivity contribution in [3.05, 3.63) is 49.6 Å². The minimum absolute atomic E-state index is 0.0269. The third-order valence-electron chi connectivity index (χ3n) is 8.06. The summed E-state index contributed by atoms with van der Waals surface area (Å²) in [5, 5.41) is 10.1. The lowest BCUT2D eigenvalue weighted by molar-refractivity contribution is -0.144. The second-order valence-electron chi connectivity index (χ2n) is 10.1. The Hall–Kier alpha value is -2.30. The quantitative estimate of drug-likeness (QED) is 0.308. The molecule has 10 heteroatoms. The summed E-state index contributed by atoms with van der Waals surface area (Å²) in [6.45, 7) is 9.85. The predicted molar refractivity (Wildman–Crippen MR) is 154 cm³/mol. The van der Waals surface area contributed by atoms with Crippen LogP contribution in [0.3, 0.4) is 0 Å². The van der Waals surface area contributed by atoms with Crippen molar-refractivity contribution >= 4 is 51.1 Å². The van der Waals surface area contributed by atoms with Crippen LogP contribution >= 0.6 is 27.7 Å². The van der Waals surface area contributed by atoms with Gasteiger partial charge in [0.15, 0.2) is 0 Å². The number of thioether (sulfide) groups is 1. The summed E-state index contributed by atoms with van der Waals surface area (Å²) in [5.74, 6) is -1.13. The summed E-state index contributed by atoms with van der Waals surface area (Å²) in [6, 6.07) is 5.82. The number of aliphatic hydroxyl groups excluding tert-OH is 1. The standard InChI is InChI=1S/C28H36BrN3O5S/c1-6-13-30(4)25(34)21-22-26(35)32(17(8-3)16-33)24(28(22)15-20(29)23(21)38-28)27(36)31(14-7-2)18-9-11-19(37-5)12-10-18/h6-7,9-12,17,20-24,33H,1-2,8,13-16H2,3-5H3/t17-,20?,21-,22-,23-,24?,28?/m0/s1. The zero-order valence-electron chi connectivity index (χ0n) is 22.1. The molecule has 1 aromatic carbocycles. The molecule has 2 bridgehead atoms. The number of benzene rings is 1. The Kier molecular flexibility index (Phi) is 8.64. The molecule has 4 rings (SSSR count). The number of hydrogen-bond acceptors (Lipinski definition) is 6. The number of likely N-dealkylation sites (tertiary alicyclic amines) is 1. The van der Waals surface area contributed by atoms with Crippen molar-refractivity contribution in [1.29, 1.82) is 0 Å². The molecule has 0 saturated carbocycles. The number of carbonyl (C=O) groups is 3. The highest BCUT2D eigenvalue weighted by atomic mass is 79.9. The first-order valence-corrected chi connectivity index (χ1v) is 14.7. The monoisotopic (exact) mass is 605 g/mol. The molecule has 3 fully saturated rings. The number of alkyl halides is 1. The molecule has 0 aliphatic carbocycles. The van der Waals surface area contributed by atoms with Crippen LogP contribution in [0.15, 0.2) is 49.6 Å². The lowest BCUT2D eigenvalue weighted by Gasteiger charge is -2.39. The minimum atomic E-state index is -0.836. The van der Waals surface area contributed by atoms with E-state index in [1.165, 1.54) is 0 Å². The SMILES string of the molecule is C=CCN(C)C(=O)[C@H]1[C@H]2C(=O)N([C@@H](CC)CO)C(C(=O)N(CC=C)c3ccc(OC)cc3)C23CC(Br)[C@@H]1S3. The number of likely N-dealkylation sites (N-methyl/N-ethyl adjacent to an activating group) is 1. The zero-order valence-corrected chi connectivity index (χ0v) is 24.5. The molecule has 38 heavy (non-hydrogen) atoms. The topological polar surface area (TPSA) is 90.4 Å². The van der Waals surface area contributed by atoms with E-state index >= 15 is 0 Å². The van der Waals surface area contributed by atoms with Gasteiger partial charge in [0.1, 0.15) is 11.8 Å². The lowest BCUT2D eigenvalue weighted by atomic mass is 9.70. The number of halogens is 1. The molecule has 206 valence electrons. The van der Waals surface area contributed by atoms with E-state index < -0.39 is 28.7 Å². The van der Waals surface area contributed by atoms with Crippen LogP contribution in [-0.2, 0) is 14.4 Å². The van der Waals surface area contributed by atoms with E-state index in [4.69, 9.17) is 4.74 Å². The summed E-state index contributed by atoms with van der Waals surface area (Å²) in [4.78, 5) is 47.3. The number of nitrogens with zero attached hydrogens (tertiary/aromatic N) is 3. The molecule has 3 amide bonds. The number of aliphatic hydroxyl groups is 1. The van der Waals surface area contributed by atoms with Crippen molar-refractivity contribution in [2.75, 3.05) is 38.8 Å². The fraction of sp³-hybridized carbons (Fsp3) is 0.536. The Morgan fingerprint density at radius 2 is 1.92 bits per heavy atom. The largest absolute Gasteiger partial charge is 0.497 e. The molecular formula is C28H36BrN3O5S. The van der Waals surface area contributed by atoms with Gasteiger partial charge < -0.3 is 24.5 Å². The molecule has 3 heterocycles. The number of anilines is 1. The molecule has 1 aromatic rings. The van der Waals surface area contributed by atoms with Gasteiger partial charge in [-0.15, -0.1) is 24.9 Å². The van der Waals surface area contributed by atoms with Crippen LogP contribution in [-0.4, -0.2) is 93.4 Å². The molecule has 0 radical (unpaired) electrons. The number of hydrogen-bond donors (Lipinski definition) is 1. The number of amides is 3. The van der Waals surface area contributed by atoms with Crippen LogP contribution in [0.5, 0.6) is 5.75 Å². The second-order valence-corrected chi connectivity index (χ2v) is 12.8. The summed E-state index contributed by atoms with van der Waals surface area (Å²) >= 11 is 5.38. The van der Waals surface area contributed by atoms with Crippen molar-refractivity contribution < 1.29 is 24.2 Å². The summed E-state index contributed by atoms with van der Waals surface area (Å²) in [7, 11) is 3.30. The first kappa shape index (κ1) is 28.7. The van der Waals surface area contributed by atoms with Gasteiger partial charge in [0.2, 0.25) is 11.8 Å². The maximum absolute atomic E-state index is 14.6. The first-order chi connectivity index (χ1) is 18.2. The fourth-order valence-electron chi connectivity index (χ4n) is 6.34. The Bertz CT molecular complexity index is 1100. The number of carbonyl (C=O) groups excluding carboxylic acids is 3. The minimum Gasteiger partial charge on any atom is -0.497 e. The highest BCUT2D eigenvalue weighted by molar-refractivity contribution is 9.09. The third kappa shape index (κ3) is 4.48. The van der Waals surface area contributed by atoms with Gasteiger partial charge in [-0.25, -0.2) is 0 Å². The normalized spacial score (nSPS) is 30.1. The average Bonchev–Trinajstić information content (AvgIpc) is 3.51. The maximum Gasteiger partial charge on any atom is 0.251 e. The van der Waals surface area contributed by atoms with Gasteiger partial charge in [0.25, 0.3) is 5.91 Å². The number of fused-ring (bicyclic) bond motifs is 1. The maximum atomic E-state index is 14.6. The first-order valence-electron chi connectivity index (χ1n) is 12.9. The van der Waals surface area contributed by atoms with Gasteiger partial charge >= 0.3 is 0 Å². The molecule has 0 aromatic heterocycles. The summed E-state index contributed by atoms with van der Waals surface area (Å²) in [5.41, 5.74) is 0.659. The smallest absolute Gasteiger partial charge is 0.251 e. The summed E-state index contributed by atoms with van der Waals surface area (Å²) in [6.07, 6.45) is 4.38. The van der Waals surface area contributed by atoms with Crippen LogP contribution in [0.1, 0.15) is 19.8 Å². The number of rotatable bonds is 11. The molecule has 7 atom stereocenters. The molecule has 3 aliphatic heterocycles. The lowest BCUT2D eigenvalue weighted by Crippen LogP contribution is -2.58. The Labute approximate surface area is 237 Å². The molecular weight excluding hydrogens is 570 g/mol. The van der Waals surface area contributed by atoms with Crippen LogP contribution in [0.25, 0.3) is 0 Å². The zero-order chi connectivity index (χ0) is 27.8.